The molecule has 0 bridgehead atoms. The second kappa shape index (κ2) is 5.77. The van der Waals surface area contributed by atoms with Gasteiger partial charge < -0.3 is 4.90 Å². The number of fused-ring (bicyclic) bond motifs is 3. The Morgan fingerprint density at radius 2 is 1.72 bits per heavy atom. The molecule has 0 saturated heterocycles. The highest BCUT2D eigenvalue weighted by atomic mass is 16.2. The van der Waals surface area contributed by atoms with Gasteiger partial charge in [0, 0.05) is 19.7 Å². The largest absolute Gasteiger partial charge is 0.330 e. The van der Waals surface area contributed by atoms with E-state index in [1.54, 1.807) is 19.0 Å². The number of aryl methyl sites for hydroxylation is 1. The fourth-order valence-electron chi connectivity index (χ4n) is 3.23. The molecule has 0 radical (unpaired) electrons. The van der Waals surface area contributed by atoms with E-state index in [9.17, 15) is 4.79 Å². The Bertz CT molecular complexity index is 941. The summed E-state index contributed by atoms with van der Waals surface area (Å²) in [6.45, 7) is 2.57. The van der Waals surface area contributed by atoms with Crippen molar-refractivity contribution in [3.05, 3.63) is 66.1 Å². The molecular formula is C20H20N4O. The molecule has 0 spiro atoms. The highest BCUT2D eigenvalue weighted by Crippen LogP contribution is 2.36. The second-order valence-corrected chi connectivity index (χ2v) is 6.53. The molecular weight excluding hydrogens is 312 g/mol. The molecule has 5 nitrogen and oxygen atoms in total. The van der Waals surface area contributed by atoms with Crippen molar-refractivity contribution in [2.45, 2.75) is 13.5 Å². The highest BCUT2D eigenvalue weighted by Gasteiger charge is 2.29. The first-order valence-corrected chi connectivity index (χ1v) is 8.28. The molecule has 0 fully saturated rings. The summed E-state index contributed by atoms with van der Waals surface area (Å²) < 4.78 is 2.09. The van der Waals surface area contributed by atoms with E-state index in [0.717, 1.165) is 28.3 Å². The van der Waals surface area contributed by atoms with Crippen LogP contribution in [0.4, 0.5) is 10.5 Å². The van der Waals surface area contributed by atoms with Gasteiger partial charge in [-0.15, -0.1) is 0 Å². The quantitative estimate of drug-likeness (QED) is 0.679. The third-order valence-electron chi connectivity index (χ3n) is 4.54. The lowest BCUT2D eigenvalue weighted by molar-refractivity contribution is 0.223. The van der Waals surface area contributed by atoms with E-state index in [0.29, 0.717) is 6.54 Å². The molecule has 0 saturated carbocycles. The molecule has 0 unspecified atom stereocenters. The number of urea groups is 1. The van der Waals surface area contributed by atoms with Gasteiger partial charge >= 0.3 is 6.03 Å². The summed E-state index contributed by atoms with van der Waals surface area (Å²) in [6, 6.07) is 16.2. The van der Waals surface area contributed by atoms with Gasteiger partial charge in [0.1, 0.15) is 6.33 Å². The van der Waals surface area contributed by atoms with E-state index in [-0.39, 0.29) is 6.03 Å². The topological polar surface area (TPSA) is 41.4 Å². The number of amides is 2. The van der Waals surface area contributed by atoms with Crippen LogP contribution in [0.25, 0.3) is 16.9 Å². The van der Waals surface area contributed by atoms with Gasteiger partial charge in [-0.3, -0.25) is 9.47 Å². The van der Waals surface area contributed by atoms with E-state index < -0.39 is 0 Å². The zero-order valence-electron chi connectivity index (χ0n) is 14.6. The maximum Gasteiger partial charge on any atom is 0.324 e. The molecule has 5 heteroatoms. The number of carbonyl (C=O) groups excluding carboxylic acids is 1. The molecule has 1 aliphatic heterocycles. The Labute approximate surface area is 147 Å². The minimum absolute atomic E-state index is 0.0326. The Kier molecular flexibility index (Phi) is 3.57. The third-order valence-corrected chi connectivity index (χ3v) is 4.54. The minimum Gasteiger partial charge on any atom is -0.330 e. The zero-order chi connectivity index (χ0) is 17.6. The van der Waals surface area contributed by atoms with Gasteiger partial charge in [-0.2, -0.15) is 0 Å². The predicted molar refractivity (Wildman–Crippen MR) is 99.0 cm³/mol. The number of hydrogen-bond donors (Lipinski definition) is 0. The number of anilines is 1. The molecule has 2 aromatic carbocycles. The summed E-state index contributed by atoms with van der Waals surface area (Å²) in [5.41, 5.74) is 6.11. The summed E-state index contributed by atoms with van der Waals surface area (Å²) >= 11 is 0. The number of rotatable bonds is 1. The smallest absolute Gasteiger partial charge is 0.324 e. The van der Waals surface area contributed by atoms with Crippen molar-refractivity contribution in [2.24, 2.45) is 0 Å². The lowest BCUT2D eigenvalue weighted by atomic mass is 10.1. The second-order valence-electron chi connectivity index (χ2n) is 6.53. The SMILES string of the molecule is Cc1ccc(-c2ncn3c2CN(C(=O)N(C)C)c2ccccc2-3)cc1. The van der Waals surface area contributed by atoms with E-state index >= 15 is 0 Å². The molecule has 0 atom stereocenters. The van der Waals surface area contributed by atoms with Gasteiger partial charge in [-0.05, 0) is 19.1 Å². The summed E-state index contributed by atoms with van der Waals surface area (Å²) in [4.78, 5) is 20.8. The van der Waals surface area contributed by atoms with Crippen LogP contribution in [0.1, 0.15) is 11.3 Å². The predicted octanol–water partition coefficient (Wildman–Crippen LogP) is 3.85. The average molecular weight is 332 g/mol. The monoisotopic (exact) mass is 332 g/mol. The Balaban J connectivity index is 1.87. The van der Waals surface area contributed by atoms with Crippen LogP contribution in [0.3, 0.4) is 0 Å². The van der Waals surface area contributed by atoms with Gasteiger partial charge in [-0.1, -0.05) is 42.0 Å². The first-order chi connectivity index (χ1) is 12.1. The summed E-state index contributed by atoms with van der Waals surface area (Å²) in [6.07, 6.45) is 1.85. The standard InChI is InChI=1S/C20H20N4O/c1-14-8-10-15(11-9-14)19-18-12-23(20(25)22(2)3)16-6-4-5-7-17(16)24(18)13-21-19/h4-11,13H,12H2,1-3H3. The maximum absolute atomic E-state index is 12.7. The molecule has 25 heavy (non-hydrogen) atoms. The van der Waals surface area contributed by atoms with E-state index in [1.807, 2.05) is 35.5 Å². The summed E-state index contributed by atoms with van der Waals surface area (Å²) in [5.74, 6) is 0. The highest BCUT2D eigenvalue weighted by molar-refractivity contribution is 5.95. The molecule has 126 valence electrons. The molecule has 4 rings (SSSR count). The van der Waals surface area contributed by atoms with Crippen LogP contribution in [0.5, 0.6) is 0 Å². The van der Waals surface area contributed by atoms with Crippen LogP contribution in [0.2, 0.25) is 0 Å². The van der Waals surface area contributed by atoms with E-state index in [1.165, 1.54) is 5.56 Å². The van der Waals surface area contributed by atoms with Gasteiger partial charge in [-0.25, -0.2) is 9.78 Å². The van der Waals surface area contributed by atoms with Gasteiger partial charge in [0.05, 0.1) is 29.3 Å². The molecule has 1 aromatic heterocycles. The van der Waals surface area contributed by atoms with Crippen molar-refractivity contribution in [1.29, 1.82) is 0 Å². The number of hydrogen-bond acceptors (Lipinski definition) is 2. The molecule has 0 N–H and O–H groups in total. The number of benzene rings is 2. The van der Waals surface area contributed by atoms with Crippen molar-refractivity contribution in [3.63, 3.8) is 0 Å². The van der Waals surface area contributed by atoms with Crippen molar-refractivity contribution in [3.8, 4) is 16.9 Å². The molecule has 2 amide bonds. The van der Waals surface area contributed by atoms with Crippen molar-refractivity contribution in [1.82, 2.24) is 14.5 Å². The van der Waals surface area contributed by atoms with Gasteiger partial charge in [0.2, 0.25) is 0 Å². The Morgan fingerprint density at radius 3 is 2.40 bits per heavy atom. The normalized spacial score (nSPS) is 12.5. The van der Waals surface area contributed by atoms with Gasteiger partial charge in [0.25, 0.3) is 0 Å². The zero-order valence-corrected chi connectivity index (χ0v) is 14.6. The molecule has 1 aliphatic rings. The van der Waals surface area contributed by atoms with E-state index in [2.05, 4.69) is 40.7 Å². The third kappa shape index (κ3) is 2.48. The summed E-state index contributed by atoms with van der Waals surface area (Å²) in [7, 11) is 3.55. The van der Waals surface area contributed by atoms with Crippen LogP contribution in [0, 0.1) is 6.92 Å². The number of aromatic nitrogens is 2. The molecule has 3 aromatic rings. The Morgan fingerprint density at radius 1 is 1.04 bits per heavy atom. The molecule has 2 heterocycles. The average Bonchev–Trinajstić information content (AvgIpc) is 3.05. The van der Waals surface area contributed by atoms with Crippen LogP contribution in [-0.4, -0.2) is 34.6 Å². The lowest BCUT2D eigenvalue weighted by Crippen LogP contribution is -2.41. The molecule has 0 aliphatic carbocycles. The van der Waals surface area contributed by atoms with Crippen molar-refractivity contribution in [2.75, 3.05) is 19.0 Å². The number of nitrogens with zero attached hydrogens (tertiary/aromatic N) is 4. The van der Waals surface area contributed by atoms with Crippen LogP contribution < -0.4 is 4.90 Å². The number of carbonyl (C=O) groups is 1. The fourth-order valence-corrected chi connectivity index (χ4v) is 3.23. The van der Waals surface area contributed by atoms with Crippen molar-refractivity contribution < 1.29 is 4.79 Å². The van der Waals surface area contributed by atoms with E-state index in [4.69, 9.17) is 0 Å². The maximum atomic E-state index is 12.7. The first kappa shape index (κ1) is 15.4. The number of imidazole rings is 1. The van der Waals surface area contributed by atoms with Gasteiger partial charge in [0.15, 0.2) is 0 Å². The number of para-hydroxylation sites is 2. The Hall–Kier alpha value is -3.08. The van der Waals surface area contributed by atoms with Crippen LogP contribution in [-0.2, 0) is 6.54 Å². The van der Waals surface area contributed by atoms with Crippen LogP contribution in [0.15, 0.2) is 54.9 Å². The summed E-state index contributed by atoms with van der Waals surface area (Å²) in [5, 5.41) is 0. The first-order valence-electron chi connectivity index (χ1n) is 8.28. The van der Waals surface area contributed by atoms with Crippen LogP contribution >= 0.6 is 0 Å². The van der Waals surface area contributed by atoms with Crippen molar-refractivity contribution >= 4 is 11.7 Å². The minimum atomic E-state index is -0.0326. The fraction of sp³-hybridized carbons (Fsp3) is 0.200. The lowest BCUT2D eigenvalue weighted by Gasteiger charge is -2.32.